The summed E-state index contributed by atoms with van der Waals surface area (Å²) in [5.74, 6) is 1.17. The second-order valence-corrected chi connectivity index (χ2v) is 5.14. The average Bonchev–Trinajstić information content (AvgIpc) is 2.34. The van der Waals surface area contributed by atoms with Crippen molar-refractivity contribution in [3.05, 3.63) is 23.4 Å². The molecule has 0 fully saturated rings. The Bertz CT molecular complexity index is 429. The van der Waals surface area contributed by atoms with Crippen molar-refractivity contribution < 1.29 is 4.79 Å². The molecule has 0 aromatic carbocycles. The summed E-state index contributed by atoms with van der Waals surface area (Å²) in [4.78, 5) is 16.6. The van der Waals surface area contributed by atoms with Crippen molar-refractivity contribution in [1.29, 1.82) is 0 Å². The van der Waals surface area contributed by atoms with E-state index in [4.69, 9.17) is 0 Å². The Hall–Kier alpha value is -1.58. The largest absolute Gasteiger partial charge is 0.370 e. The Kier molecular flexibility index (Phi) is 5.80. The molecule has 0 bridgehead atoms. The van der Waals surface area contributed by atoms with Gasteiger partial charge in [0.25, 0.3) is 5.91 Å². The molecule has 4 heteroatoms. The van der Waals surface area contributed by atoms with E-state index in [1.54, 1.807) is 6.07 Å². The van der Waals surface area contributed by atoms with Crippen molar-refractivity contribution in [3.63, 3.8) is 0 Å². The van der Waals surface area contributed by atoms with E-state index in [1.807, 2.05) is 19.9 Å². The zero-order chi connectivity index (χ0) is 14.4. The van der Waals surface area contributed by atoms with Crippen molar-refractivity contribution in [3.8, 4) is 0 Å². The number of hydrogen-bond donors (Lipinski definition) is 2. The SMILES string of the molecule is CCNc1cc(C(=O)NC(CC)C(C)C)cc(C)n1. The van der Waals surface area contributed by atoms with Crippen molar-refractivity contribution in [1.82, 2.24) is 10.3 Å². The van der Waals surface area contributed by atoms with Gasteiger partial charge in [0, 0.05) is 23.8 Å². The maximum Gasteiger partial charge on any atom is 0.251 e. The van der Waals surface area contributed by atoms with Gasteiger partial charge in [-0.3, -0.25) is 4.79 Å². The fraction of sp³-hybridized carbons (Fsp3) is 0.600. The number of pyridine rings is 1. The fourth-order valence-corrected chi connectivity index (χ4v) is 2.06. The predicted molar refractivity (Wildman–Crippen MR) is 79.5 cm³/mol. The maximum absolute atomic E-state index is 12.3. The van der Waals surface area contributed by atoms with Gasteiger partial charge >= 0.3 is 0 Å². The van der Waals surface area contributed by atoms with Crippen LogP contribution in [0.5, 0.6) is 0 Å². The van der Waals surface area contributed by atoms with Crippen LogP contribution in [0, 0.1) is 12.8 Å². The Balaban J connectivity index is 2.86. The van der Waals surface area contributed by atoms with Crippen LogP contribution in [0.3, 0.4) is 0 Å². The standard InChI is InChI=1S/C15H25N3O/c1-6-13(10(3)4)18-15(19)12-8-11(5)17-14(9-12)16-7-2/h8-10,13H,6-7H2,1-5H3,(H,16,17)(H,18,19). The number of aromatic nitrogens is 1. The average molecular weight is 263 g/mol. The van der Waals surface area contributed by atoms with E-state index in [-0.39, 0.29) is 11.9 Å². The molecule has 1 heterocycles. The van der Waals surface area contributed by atoms with E-state index in [9.17, 15) is 4.79 Å². The number of anilines is 1. The van der Waals surface area contributed by atoms with Gasteiger partial charge in [-0.2, -0.15) is 0 Å². The molecular weight excluding hydrogens is 238 g/mol. The summed E-state index contributed by atoms with van der Waals surface area (Å²) in [6.07, 6.45) is 0.938. The normalized spacial score (nSPS) is 12.3. The van der Waals surface area contributed by atoms with Gasteiger partial charge in [-0.1, -0.05) is 20.8 Å². The third-order valence-corrected chi connectivity index (χ3v) is 3.13. The van der Waals surface area contributed by atoms with E-state index in [0.29, 0.717) is 11.5 Å². The lowest BCUT2D eigenvalue weighted by Gasteiger charge is -2.21. The predicted octanol–water partition coefficient (Wildman–Crippen LogP) is 2.99. The number of rotatable bonds is 6. The highest BCUT2D eigenvalue weighted by molar-refractivity contribution is 5.95. The summed E-state index contributed by atoms with van der Waals surface area (Å²) in [5.41, 5.74) is 1.52. The third-order valence-electron chi connectivity index (χ3n) is 3.13. The molecule has 19 heavy (non-hydrogen) atoms. The Morgan fingerprint density at radius 2 is 2.00 bits per heavy atom. The second-order valence-electron chi connectivity index (χ2n) is 5.14. The monoisotopic (exact) mass is 263 g/mol. The lowest BCUT2D eigenvalue weighted by Crippen LogP contribution is -2.38. The van der Waals surface area contributed by atoms with Gasteiger partial charge in [0.1, 0.15) is 5.82 Å². The van der Waals surface area contributed by atoms with Crippen LogP contribution < -0.4 is 10.6 Å². The van der Waals surface area contributed by atoms with Crippen LogP contribution in [-0.2, 0) is 0 Å². The van der Waals surface area contributed by atoms with Gasteiger partial charge < -0.3 is 10.6 Å². The van der Waals surface area contributed by atoms with E-state index >= 15 is 0 Å². The van der Waals surface area contributed by atoms with Crippen LogP contribution in [0.4, 0.5) is 5.82 Å². The quantitative estimate of drug-likeness (QED) is 0.829. The first-order valence-corrected chi connectivity index (χ1v) is 7.01. The van der Waals surface area contributed by atoms with E-state index < -0.39 is 0 Å². The number of hydrogen-bond acceptors (Lipinski definition) is 3. The summed E-state index contributed by atoms with van der Waals surface area (Å²) in [5, 5.41) is 6.23. The molecule has 0 spiro atoms. The van der Waals surface area contributed by atoms with Crippen molar-refractivity contribution in [2.45, 2.75) is 47.1 Å². The minimum Gasteiger partial charge on any atom is -0.370 e. The lowest BCUT2D eigenvalue weighted by molar-refractivity contribution is 0.0924. The van der Waals surface area contributed by atoms with Crippen LogP contribution in [0.25, 0.3) is 0 Å². The van der Waals surface area contributed by atoms with Gasteiger partial charge in [-0.05, 0) is 38.3 Å². The first-order valence-electron chi connectivity index (χ1n) is 7.01. The molecule has 1 aromatic heterocycles. The molecule has 1 atom stereocenters. The first-order chi connectivity index (χ1) is 8.97. The van der Waals surface area contributed by atoms with E-state index in [0.717, 1.165) is 24.5 Å². The van der Waals surface area contributed by atoms with E-state index in [2.05, 4.69) is 36.4 Å². The summed E-state index contributed by atoms with van der Waals surface area (Å²) < 4.78 is 0. The zero-order valence-corrected chi connectivity index (χ0v) is 12.6. The molecule has 0 aliphatic carbocycles. The number of nitrogens with one attached hydrogen (secondary N) is 2. The van der Waals surface area contributed by atoms with Gasteiger partial charge in [0.15, 0.2) is 0 Å². The second kappa shape index (κ2) is 7.12. The number of aryl methyl sites for hydroxylation is 1. The molecule has 4 nitrogen and oxygen atoms in total. The van der Waals surface area contributed by atoms with E-state index in [1.165, 1.54) is 0 Å². The maximum atomic E-state index is 12.3. The van der Waals surface area contributed by atoms with Gasteiger partial charge in [-0.25, -0.2) is 4.98 Å². The van der Waals surface area contributed by atoms with Crippen molar-refractivity contribution in [2.75, 3.05) is 11.9 Å². The summed E-state index contributed by atoms with van der Waals surface area (Å²) in [6, 6.07) is 3.84. The molecule has 0 saturated carbocycles. The van der Waals surface area contributed by atoms with Crippen LogP contribution in [0.2, 0.25) is 0 Å². The van der Waals surface area contributed by atoms with Crippen LogP contribution in [0.1, 0.15) is 50.2 Å². The third kappa shape index (κ3) is 4.54. The molecule has 0 aliphatic rings. The first kappa shape index (κ1) is 15.5. The smallest absolute Gasteiger partial charge is 0.251 e. The number of carbonyl (C=O) groups is 1. The van der Waals surface area contributed by atoms with Gasteiger partial charge in [0.2, 0.25) is 0 Å². The molecule has 1 rings (SSSR count). The molecule has 1 aromatic rings. The number of carbonyl (C=O) groups excluding carboxylic acids is 1. The highest BCUT2D eigenvalue weighted by Gasteiger charge is 2.16. The highest BCUT2D eigenvalue weighted by Crippen LogP contribution is 2.12. The molecular formula is C15H25N3O. The van der Waals surface area contributed by atoms with Gasteiger partial charge in [-0.15, -0.1) is 0 Å². The van der Waals surface area contributed by atoms with Crippen molar-refractivity contribution in [2.24, 2.45) is 5.92 Å². The minimum absolute atomic E-state index is 0.0230. The topological polar surface area (TPSA) is 54.0 Å². The van der Waals surface area contributed by atoms with Crippen LogP contribution >= 0.6 is 0 Å². The number of amides is 1. The zero-order valence-electron chi connectivity index (χ0n) is 12.6. The van der Waals surface area contributed by atoms with Crippen LogP contribution in [0.15, 0.2) is 12.1 Å². The van der Waals surface area contributed by atoms with Gasteiger partial charge in [0.05, 0.1) is 0 Å². The molecule has 106 valence electrons. The Morgan fingerprint density at radius 1 is 1.32 bits per heavy atom. The van der Waals surface area contributed by atoms with Crippen LogP contribution in [-0.4, -0.2) is 23.5 Å². The fourth-order valence-electron chi connectivity index (χ4n) is 2.06. The highest BCUT2D eigenvalue weighted by atomic mass is 16.1. The molecule has 0 aliphatic heterocycles. The summed E-state index contributed by atoms with van der Waals surface area (Å²) >= 11 is 0. The molecule has 1 amide bonds. The van der Waals surface area contributed by atoms with Crippen molar-refractivity contribution >= 4 is 11.7 Å². The lowest BCUT2D eigenvalue weighted by atomic mass is 10.0. The Labute approximate surface area is 116 Å². The molecule has 2 N–H and O–H groups in total. The summed E-state index contributed by atoms with van der Waals surface area (Å²) in [6.45, 7) is 11.0. The number of nitrogens with zero attached hydrogens (tertiary/aromatic N) is 1. The minimum atomic E-state index is -0.0230. The Morgan fingerprint density at radius 3 is 2.53 bits per heavy atom. The molecule has 0 saturated heterocycles. The molecule has 0 radical (unpaired) electrons. The molecule has 1 unspecified atom stereocenters. The summed E-state index contributed by atoms with van der Waals surface area (Å²) in [7, 11) is 0.